The second-order valence-corrected chi connectivity index (χ2v) is 9.14. The third-order valence-corrected chi connectivity index (χ3v) is 7.28. The number of hydrogen-bond acceptors (Lipinski definition) is 7. The molecule has 2 aromatic heterocycles. The minimum Gasteiger partial charge on any atom is -0.395 e. The third kappa shape index (κ3) is 3.73. The van der Waals surface area contributed by atoms with Crippen molar-refractivity contribution in [1.29, 1.82) is 0 Å². The van der Waals surface area contributed by atoms with Crippen LogP contribution in [0.5, 0.6) is 0 Å². The number of thiophene rings is 1. The van der Waals surface area contributed by atoms with Gasteiger partial charge in [-0.3, -0.25) is 4.79 Å². The number of anilines is 1. The van der Waals surface area contributed by atoms with Gasteiger partial charge in [0, 0.05) is 23.5 Å². The first-order valence-corrected chi connectivity index (χ1v) is 11.0. The number of aromatic nitrogens is 2. The number of rotatable bonds is 6. The van der Waals surface area contributed by atoms with Gasteiger partial charge in [0.2, 0.25) is 5.91 Å². The van der Waals surface area contributed by atoms with Crippen molar-refractivity contribution in [2.75, 3.05) is 32.6 Å². The van der Waals surface area contributed by atoms with Crippen molar-refractivity contribution in [2.24, 2.45) is 0 Å². The molecule has 7 nitrogen and oxygen atoms in total. The first kappa shape index (κ1) is 19.5. The summed E-state index contributed by atoms with van der Waals surface area (Å²) in [5.74, 6) is 0.692. The fourth-order valence-electron chi connectivity index (χ4n) is 4.58. The lowest BCUT2D eigenvalue weighted by Crippen LogP contribution is -2.36. The van der Waals surface area contributed by atoms with Gasteiger partial charge >= 0.3 is 0 Å². The first-order valence-electron chi connectivity index (χ1n) is 10.2. The molecule has 1 unspecified atom stereocenters. The number of hydrogen-bond donors (Lipinski definition) is 3. The molecule has 8 heteroatoms. The van der Waals surface area contributed by atoms with Gasteiger partial charge in [-0.1, -0.05) is 0 Å². The Bertz CT molecular complexity index is 844. The summed E-state index contributed by atoms with van der Waals surface area (Å²) in [5, 5.41) is 16.5. The van der Waals surface area contributed by atoms with E-state index in [1.807, 2.05) is 0 Å². The van der Waals surface area contributed by atoms with Crippen LogP contribution in [0.4, 0.5) is 5.82 Å². The summed E-state index contributed by atoms with van der Waals surface area (Å²) in [6.45, 7) is 0.255. The number of nitrogens with one attached hydrogen (secondary N) is 2. The highest BCUT2D eigenvalue weighted by atomic mass is 32.1. The highest BCUT2D eigenvalue weighted by Crippen LogP contribution is 2.45. The van der Waals surface area contributed by atoms with Gasteiger partial charge in [-0.2, -0.15) is 0 Å². The van der Waals surface area contributed by atoms with Crippen LogP contribution in [0.25, 0.3) is 10.2 Å². The van der Waals surface area contributed by atoms with Crippen molar-refractivity contribution in [2.45, 2.75) is 56.5 Å². The van der Waals surface area contributed by atoms with Gasteiger partial charge in [0.25, 0.3) is 0 Å². The van der Waals surface area contributed by atoms with Crippen molar-refractivity contribution in [1.82, 2.24) is 20.2 Å². The maximum absolute atomic E-state index is 12.6. The normalized spacial score (nSPS) is 24.5. The Morgan fingerprint density at radius 1 is 1.25 bits per heavy atom. The van der Waals surface area contributed by atoms with Crippen LogP contribution in [-0.2, 0) is 11.2 Å². The highest BCUT2D eigenvalue weighted by molar-refractivity contribution is 7.19. The quantitative estimate of drug-likeness (QED) is 0.684. The highest BCUT2D eigenvalue weighted by Gasteiger charge is 2.34. The topological polar surface area (TPSA) is 90.4 Å². The van der Waals surface area contributed by atoms with Crippen LogP contribution in [-0.4, -0.2) is 65.2 Å². The summed E-state index contributed by atoms with van der Waals surface area (Å²) in [5.41, 5.74) is 1.10. The smallest absolute Gasteiger partial charge is 0.227 e. The summed E-state index contributed by atoms with van der Waals surface area (Å²) in [4.78, 5) is 26.2. The summed E-state index contributed by atoms with van der Waals surface area (Å²) in [6, 6.07) is 1.07. The van der Waals surface area contributed by atoms with Crippen LogP contribution >= 0.6 is 11.3 Å². The van der Waals surface area contributed by atoms with E-state index in [1.54, 1.807) is 17.7 Å². The largest absolute Gasteiger partial charge is 0.395 e. The third-order valence-electron chi connectivity index (χ3n) is 6.11. The van der Waals surface area contributed by atoms with Crippen LogP contribution < -0.4 is 10.6 Å². The monoisotopic (exact) mass is 403 g/mol. The zero-order chi connectivity index (χ0) is 19.7. The van der Waals surface area contributed by atoms with E-state index >= 15 is 0 Å². The SMILES string of the molecule is CN(C)[C@H]1CC[C@H](Nc2ncnc3sc4c(c23)C(C(=O)NCCO)CC4)CC1. The molecule has 1 fully saturated rings. The molecule has 0 aliphatic heterocycles. The van der Waals surface area contributed by atoms with Gasteiger partial charge < -0.3 is 20.6 Å². The van der Waals surface area contributed by atoms with Gasteiger partial charge in [-0.05, 0) is 58.2 Å². The summed E-state index contributed by atoms with van der Waals surface area (Å²) >= 11 is 1.68. The summed E-state index contributed by atoms with van der Waals surface area (Å²) in [7, 11) is 4.31. The van der Waals surface area contributed by atoms with Gasteiger partial charge in [0.15, 0.2) is 0 Å². The van der Waals surface area contributed by atoms with Crippen molar-refractivity contribution < 1.29 is 9.90 Å². The molecule has 1 amide bonds. The molecule has 3 N–H and O–H groups in total. The van der Waals surface area contributed by atoms with E-state index in [-0.39, 0.29) is 18.4 Å². The van der Waals surface area contributed by atoms with Crippen molar-refractivity contribution in [3.05, 3.63) is 16.8 Å². The van der Waals surface area contributed by atoms with E-state index in [0.29, 0.717) is 18.6 Å². The molecule has 1 atom stereocenters. The van der Waals surface area contributed by atoms with Crippen LogP contribution in [0.2, 0.25) is 0 Å². The van der Waals surface area contributed by atoms with E-state index in [4.69, 9.17) is 5.11 Å². The lowest BCUT2D eigenvalue weighted by Gasteiger charge is -2.33. The van der Waals surface area contributed by atoms with E-state index < -0.39 is 0 Å². The van der Waals surface area contributed by atoms with E-state index in [9.17, 15) is 4.79 Å². The molecule has 2 aliphatic carbocycles. The number of fused-ring (bicyclic) bond motifs is 3. The van der Waals surface area contributed by atoms with E-state index in [1.165, 1.54) is 17.7 Å². The lowest BCUT2D eigenvalue weighted by atomic mass is 9.90. The number of nitrogens with zero attached hydrogens (tertiary/aromatic N) is 3. The first-order chi connectivity index (χ1) is 13.6. The zero-order valence-electron chi connectivity index (χ0n) is 16.6. The van der Waals surface area contributed by atoms with Crippen molar-refractivity contribution in [3.8, 4) is 0 Å². The Kier molecular flexibility index (Phi) is 5.80. The molecular weight excluding hydrogens is 374 g/mol. The van der Waals surface area contributed by atoms with Crippen LogP contribution in [0.15, 0.2) is 6.33 Å². The van der Waals surface area contributed by atoms with Gasteiger partial charge in [0.1, 0.15) is 17.0 Å². The van der Waals surface area contributed by atoms with Crippen molar-refractivity contribution in [3.63, 3.8) is 0 Å². The predicted molar refractivity (Wildman–Crippen MR) is 112 cm³/mol. The number of carbonyl (C=O) groups is 1. The fourth-order valence-corrected chi connectivity index (χ4v) is 5.79. The lowest BCUT2D eigenvalue weighted by molar-refractivity contribution is -0.122. The molecule has 0 spiro atoms. The second kappa shape index (κ2) is 8.31. The van der Waals surface area contributed by atoms with Crippen LogP contribution in [0.3, 0.4) is 0 Å². The summed E-state index contributed by atoms with van der Waals surface area (Å²) in [6.07, 6.45) is 7.97. The molecule has 0 radical (unpaired) electrons. The molecule has 28 heavy (non-hydrogen) atoms. The van der Waals surface area contributed by atoms with Gasteiger partial charge in [-0.25, -0.2) is 9.97 Å². The number of carbonyl (C=O) groups excluding carboxylic acids is 1. The molecule has 4 rings (SSSR count). The zero-order valence-corrected chi connectivity index (χ0v) is 17.4. The minimum absolute atomic E-state index is 0.00575. The Morgan fingerprint density at radius 3 is 2.75 bits per heavy atom. The fraction of sp³-hybridized carbons (Fsp3) is 0.650. The number of amides is 1. The van der Waals surface area contributed by atoms with Gasteiger partial charge in [-0.15, -0.1) is 11.3 Å². The molecule has 152 valence electrons. The average molecular weight is 404 g/mol. The molecule has 0 aromatic carbocycles. The number of aliphatic hydroxyl groups excluding tert-OH is 1. The van der Waals surface area contributed by atoms with E-state index in [2.05, 4.69) is 39.6 Å². The molecule has 2 aliphatic rings. The molecule has 2 heterocycles. The van der Waals surface area contributed by atoms with E-state index in [0.717, 1.165) is 47.3 Å². The maximum Gasteiger partial charge on any atom is 0.227 e. The van der Waals surface area contributed by atoms with Crippen LogP contribution in [0.1, 0.15) is 48.5 Å². The maximum atomic E-state index is 12.6. The Labute approximate surface area is 169 Å². The Hall–Kier alpha value is -1.77. The Morgan fingerprint density at radius 2 is 2.04 bits per heavy atom. The predicted octanol–water partition coefficient (Wildman–Crippen LogP) is 2.11. The molecular formula is C20H29N5O2S. The minimum atomic E-state index is -0.175. The Balaban J connectivity index is 1.58. The van der Waals surface area contributed by atoms with Crippen LogP contribution in [0, 0.1) is 0 Å². The number of aryl methyl sites for hydroxylation is 1. The molecule has 0 bridgehead atoms. The van der Waals surface area contributed by atoms with Gasteiger partial charge in [0.05, 0.1) is 17.9 Å². The summed E-state index contributed by atoms with van der Waals surface area (Å²) < 4.78 is 0. The standard InChI is InChI=1S/C20H29N5O2S/c1-25(2)13-5-3-12(4-6-13)24-18-17-16-14(19(27)21-9-10-26)7-8-15(16)28-20(17)23-11-22-18/h11-14,26H,3-10H2,1-2H3,(H,21,27)(H,22,23,24)/t12-,13-,14?. The molecule has 2 aromatic rings. The second-order valence-electron chi connectivity index (χ2n) is 8.06. The molecule has 0 saturated heterocycles. The molecule has 1 saturated carbocycles. The number of aliphatic hydroxyl groups is 1. The van der Waals surface area contributed by atoms with Crippen molar-refractivity contribution >= 4 is 33.3 Å². The average Bonchev–Trinajstić information content (AvgIpc) is 3.26.